The Morgan fingerprint density at radius 3 is 2.39 bits per heavy atom. The fourth-order valence-electron chi connectivity index (χ4n) is 3.76. The lowest BCUT2D eigenvalue weighted by molar-refractivity contribution is -0.187. The molecule has 3 aromatic rings. The van der Waals surface area contributed by atoms with E-state index in [-0.39, 0.29) is 32.0 Å². The first-order chi connectivity index (χ1) is 15.8. The van der Waals surface area contributed by atoms with Gasteiger partial charge in [-0.25, -0.2) is 4.68 Å². The van der Waals surface area contributed by atoms with Gasteiger partial charge in [-0.05, 0) is 24.3 Å². The molecule has 0 atom stereocenters. The minimum atomic E-state index is -4.87. The van der Waals surface area contributed by atoms with Gasteiger partial charge in [0.1, 0.15) is 17.5 Å². The molecule has 174 valence electrons. The van der Waals surface area contributed by atoms with Crippen LogP contribution in [0.1, 0.15) is 12.8 Å². The molecule has 2 heterocycles. The summed E-state index contributed by atoms with van der Waals surface area (Å²) in [5, 5.41) is 5.19. The number of likely N-dealkylation sites (tertiary alicyclic amines) is 1. The Hall–Kier alpha value is -3.20. The number of benzene rings is 2. The Labute approximate surface area is 193 Å². The topological polar surface area (TPSA) is 56.6 Å². The van der Waals surface area contributed by atoms with E-state index in [1.807, 2.05) is 36.4 Å². The first-order valence-electron chi connectivity index (χ1n) is 10.3. The number of methoxy groups -OCH3 is 1. The zero-order valence-corrected chi connectivity index (χ0v) is 18.4. The summed E-state index contributed by atoms with van der Waals surface area (Å²) in [6.45, 7) is -0.0550. The van der Waals surface area contributed by atoms with E-state index in [9.17, 15) is 18.0 Å². The van der Waals surface area contributed by atoms with Crippen molar-refractivity contribution < 1.29 is 27.4 Å². The highest BCUT2D eigenvalue weighted by Gasteiger charge is 2.43. The lowest BCUT2D eigenvalue weighted by Gasteiger charge is -2.32. The summed E-state index contributed by atoms with van der Waals surface area (Å²) in [6, 6.07) is 16.4. The van der Waals surface area contributed by atoms with Crippen LogP contribution < -0.4 is 9.47 Å². The monoisotopic (exact) mass is 479 g/mol. The van der Waals surface area contributed by atoms with E-state index in [1.54, 1.807) is 30.0 Å². The number of hydrogen-bond acceptors (Lipinski definition) is 4. The van der Waals surface area contributed by atoms with Gasteiger partial charge < -0.3 is 14.4 Å². The molecule has 0 aliphatic carbocycles. The Morgan fingerprint density at radius 2 is 1.76 bits per heavy atom. The average molecular weight is 480 g/mol. The first-order valence-corrected chi connectivity index (χ1v) is 10.7. The van der Waals surface area contributed by atoms with Crippen LogP contribution in [0.25, 0.3) is 16.9 Å². The number of hydrogen-bond donors (Lipinski definition) is 0. The second-order valence-electron chi connectivity index (χ2n) is 7.57. The van der Waals surface area contributed by atoms with Gasteiger partial charge in [0.15, 0.2) is 0 Å². The molecule has 2 aromatic carbocycles. The Balaban J connectivity index is 1.59. The number of halogens is 4. The van der Waals surface area contributed by atoms with Gasteiger partial charge in [-0.15, -0.1) is 5.10 Å². The fraction of sp³-hybridized carbons (Fsp3) is 0.304. The lowest BCUT2D eigenvalue weighted by Crippen LogP contribution is -2.47. The summed E-state index contributed by atoms with van der Waals surface area (Å²) in [7, 11) is 1.57. The molecule has 0 spiro atoms. The predicted molar refractivity (Wildman–Crippen MR) is 117 cm³/mol. The second-order valence-corrected chi connectivity index (χ2v) is 8.00. The van der Waals surface area contributed by atoms with Crippen molar-refractivity contribution in [1.29, 1.82) is 0 Å². The van der Waals surface area contributed by atoms with Crippen molar-refractivity contribution in [1.82, 2.24) is 14.7 Å². The van der Waals surface area contributed by atoms with E-state index in [2.05, 4.69) is 5.10 Å². The van der Waals surface area contributed by atoms with Crippen LogP contribution in [0.5, 0.6) is 11.6 Å². The molecule has 0 N–H and O–H groups in total. The number of carbonyl (C=O) groups is 1. The summed E-state index contributed by atoms with van der Waals surface area (Å²) in [6.07, 6.45) is -4.67. The molecule has 33 heavy (non-hydrogen) atoms. The maximum Gasteiger partial charge on any atom is 0.471 e. The Bertz CT molecular complexity index is 1120. The van der Waals surface area contributed by atoms with Crippen LogP contribution in [-0.4, -0.2) is 53.1 Å². The Kier molecular flexibility index (Phi) is 6.51. The third kappa shape index (κ3) is 5.08. The highest BCUT2D eigenvalue weighted by Crippen LogP contribution is 2.33. The van der Waals surface area contributed by atoms with Crippen molar-refractivity contribution in [2.75, 3.05) is 20.2 Å². The van der Waals surface area contributed by atoms with E-state index in [1.165, 1.54) is 0 Å². The van der Waals surface area contributed by atoms with Crippen LogP contribution in [0.15, 0.2) is 54.6 Å². The van der Waals surface area contributed by atoms with Gasteiger partial charge >= 0.3 is 12.1 Å². The number of nitrogens with zero attached hydrogens (tertiary/aromatic N) is 3. The van der Waals surface area contributed by atoms with Gasteiger partial charge in [-0.3, -0.25) is 4.79 Å². The third-order valence-corrected chi connectivity index (χ3v) is 5.65. The van der Waals surface area contributed by atoms with Gasteiger partial charge in [-0.2, -0.15) is 13.2 Å². The standard InChI is InChI=1S/C23H21ClF3N3O3/c1-32-20-5-3-2-4-18(20)30-19(15-6-8-16(24)9-7-15)14-21(28-30)33-17-10-12-29(13-11-17)22(31)23(25,26)27/h2-9,14,17H,10-13H2,1H3. The van der Waals surface area contributed by atoms with E-state index in [4.69, 9.17) is 21.1 Å². The van der Waals surface area contributed by atoms with E-state index in [0.29, 0.717) is 22.3 Å². The predicted octanol–water partition coefficient (Wildman–Crippen LogP) is 5.13. The van der Waals surface area contributed by atoms with Crippen molar-refractivity contribution in [3.63, 3.8) is 0 Å². The van der Waals surface area contributed by atoms with Crippen LogP contribution in [0, 0.1) is 0 Å². The average Bonchev–Trinajstić information content (AvgIpc) is 3.22. The SMILES string of the molecule is COc1ccccc1-n1nc(OC2CCN(C(=O)C(F)(F)F)CC2)cc1-c1ccc(Cl)cc1. The third-order valence-electron chi connectivity index (χ3n) is 5.40. The van der Waals surface area contributed by atoms with Crippen LogP contribution in [0.3, 0.4) is 0 Å². The van der Waals surface area contributed by atoms with Crippen molar-refractivity contribution in [3.8, 4) is 28.6 Å². The molecular formula is C23H21ClF3N3O3. The molecule has 10 heteroatoms. The number of ether oxygens (including phenoxy) is 2. The summed E-state index contributed by atoms with van der Waals surface area (Å²) < 4.78 is 51.2. The molecule has 0 radical (unpaired) electrons. The quantitative estimate of drug-likeness (QED) is 0.509. The van der Waals surface area contributed by atoms with Crippen LogP contribution in [0.2, 0.25) is 5.02 Å². The molecule has 1 fully saturated rings. The highest BCUT2D eigenvalue weighted by molar-refractivity contribution is 6.30. The van der Waals surface area contributed by atoms with E-state index >= 15 is 0 Å². The summed E-state index contributed by atoms with van der Waals surface area (Å²) in [5.41, 5.74) is 2.28. The molecule has 0 bridgehead atoms. The number of aromatic nitrogens is 2. The molecule has 4 rings (SSSR count). The zero-order valence-electron chi connectivity index (χ0n) is 17.7. The smallest absolute Gasteiger partial charge is 0.471 e. The highest BCUT2D eigenvalue weighted by atomic mass is 35.5. The maximum absolute atomic E-state index is 12.7. The largest absolute Gasteiger partial charge is 0.494 e. The zero-order chi connectivity index (χ0) is 23.6. The molecule has 1 aliphatic rings. The van der Waals surface area contributed by atoms with Crippen LogP contribution in [-0.2, 0) is 4.79 Å². The van der Waals surface area contributed by atoms with Gasteiger partial charge in [0.05, 0.1) is 12.8 Å². The summed E-state index contributed by atoms with van der Waals surface area (Å²) in [5.74, 6) is -0.876. The van der Waals surface area contributed by atoms with Crippen molar-refractivity contribution in [3.05, 3.63) is 59.6 Å². The number of carbonyl (C=O) groups excluding carboxylic acids is 1. The number of alkyl halides is 3. The Morgan fingerprint density at radius 1 is 1.09 bits per heavy atom. The molecule has 1 saturated heterocycles. The lowest BCUT2D eigenvalue weighted by atomic mass is 10.1. The molecule has 1 amide bonds. The first kappa shape index (κ1) is 23.0. The van der Waals surface area contributed by atoms with Gasteiger partial charge in [0, 0.05) is 42.6 Å². The number of piperidine rings is 1. The normalized spacial score (nSPS) is 14.9. The molecule has 1 aromatic heterocycles. The summed E-state index contributed by atoms with van der Waals surface area (Å²) in [4.78, 5) is 12.3. The number of rotatable bonds is 5. The number of para-hydroxylation sites is 2. The summed E-state index contributed by atoms with van der Waals surface area (Å²) >= 11 is 6.03. The van der Waals surface area contributed by atoms with Gasteiger partial charge in [0.25, 0.3) is 0 Å². The maximum atomic E-state index is 12.7. The van der Waals surface area contributed by atoms with Crippen molar-refractivity contribution in [2.24, 2.45) is 0 Å². The van der Waals surface area contributed by atoms with Crippen LogP contribution >= 0.6 is 11.6 Å². The molecule has 0 unspecified atom stereocenters. The molecule has 1 aliphatic heterocycles. The van der Waals surface area contributed by atoms with E-state index < -0.39 is 12.1 Å². The van der Waals surface area contributed by atoms with Crippen molar-refractivity contribution in [2.45, 2.75) is 25.1 Å². The molecule has 6 nitrogen and oxygen atoms in total. The van der Waals surface area contributed by atoms with Gasteiger partial charge in [0.2, 0.25) is 5.88 Å². The van der Waals surface area contributed by atoms with Gasteiger partial charge in [-0.1, -0.05) is 35.9 Å². The van der Waals surface area contributed by atoms with E-state index in [0.717, 1.165) is 16.2 Å². The van der Waals surface area contributed by atoms with Crippen molar-refractivity contribution >= 4 is 17.5 Å². The fourth-order valence-corrected chi connectivity index (χ4v) is 3.88. The minimum absolute atomic E-state index is 0.0275. The van der Waals surface area contributed by atoms with Crippen LogP contribution in [0.4, 0.5) is 13.2 Å². The minimum Gasteiger partial charge on any atom is -0.494 e. The number of amides is 1. The second kappa shape index (κ2) is 9.35. The molecular weight excluding hydrogens is 459 g/mol. The molecule has 0 saturated carbocycles.